The van der Waals surface area contributed by atoms with E-state index in [9.17, 15) is 4.79 Å². The molecule has 0 aliphatic rings. The number of fused-ring (bicyclic) bond motifs is 1. The Morgan fingerprint density at radius 2 is 1.71 bits per heavy atom. The van der Waals surface area contributed by atoms with Crippen LogP contribution in [-0.4, -0.2) is 14.0 Å². The summed E-state index contributed by atoms with van der Waals surface area (Å²) < 4.78 is 3.69. The van der Waals surface area contributed by atoms with E-state index in [4.69, 9.17) is 16.6 Å². The van der Waals surface area contributed by atoms with Gasteiger partial charge >= 0.3 is 0 Å². The van der Waals surface area contributed by atoms with Crippen molar-refractivity contribution < 1.29 is 0 Å². The summed E-state index contributed by atoms with van der Waals surface area (Å²) in [5.41, 5.74) is 4.98. The third-order valence-electron chi connectivity index (χ3n) is 5.05. The van der Waals surface area contributed by atoms with E-state index in [1.165, 1.54) is 11.1 Å². The molecule has 142 valence electrons. The lowest BCUT2D eigenvalue weighted by Gasteiger charge is -2.13. The van der Waals surface area contributed by atoms with Crippen molar-refractivity contribution in [1.29, 1.82) is 0 Å². The SMILES string of the molecule is Cc1cc(=O)n2cc(-c3ccc(Cl)cc3)nc2n1Cc1ccc(C(C)C)cc1. The van der Waals surface area contributed by atoms with Crippen molar-refractivity contribution >= 4 is 17.4 Å². The number of halogens is 1. The van der Waals surface area contributed by atoms with Gasteiger partial charge < -0.3 is 4.57 Å². The molecule has 0 N–H and O–H groups in total. The molecule has 28 heavy (non-hydrogen) atoms. The predicted molar refractivity (Wildman–Crippen MR) is 114 cm³/mol. The number of hydrogen-bond donors (Lipinski definition) is 0. The van der Waals surface area contributed by atoms with Gasteiger partial charge in [0.1, 0.15) is 0 Å². The zero-order valence-corrected chi connectivity index (χ0v) is 16.9. The van der Waals surface area contributed by atoms with E-state index >= 15 is 0 Å². The standard InChI is InChI=1S/C23H22ClN3O/c1-15(2)18-6-4-17(5-7-18)13-26-16(3)12-22(28)27-14-21(25-23(26)27)19-8-10-20(24)11-9-19/h4-12,14-15H,13H2,1-3H3. The summed E-state index contributed by atoms with van der Waals surface area (Å²) in [7, 11) is 0. The lowest BCUT2D eigenvalue weighted by molar-refractivity contribution is 0.747. The highest BCUT2D eigenvalue weighted by molar-refractivity contribution is 6.30. The third-order valence-corrected chi connectivity index (χ3v) is 5.30. The molecule has 0 saturated heterocycles. The topological polar surface area (TPSA) is 39.3 Å². The first kappa shape index (κ1) is 18.5. The number of rotatable bonds is 4. The molecular weight excluding hydrogens is 370 g/mol. The number of benzene rings is 2. The van der Waals surface area contributed by atoms with Crippen LogP contribution in [0.4, 0.5) is 0 Å². The zero-order chi connectivity index (χ0) is 19.8. The summed E-state index contributed by atoms with van der Waals surface area (Å²) in [5.74, 6) is 1.15. The van der Waals surface area contributed by atoms with Gasteiger partial charge in [0.25, 0.3) is 5.56 Å². The van der Waals surface area contributed by atoms with Crippen LogP contribution >= 0.6 is 11.6 Å². The van der Waals surface area contributed by atoms with E-state index in [2.05, 4.69) is 42.7 Å². The molecule has 4 nitrogen and oxygen atoms in total. The highest BCUT2D eigenvalue weighted by atomic mass is 35.5. The van der Waals surface area contributed by atoms with Crippen LogP contribution in [0, 0.1) is 6.92 Å². The average Bonchev–Trinajstić information content (AvgIpc) is 3.12. The van der Waals surface area contributed by atoms with Crippen molar-refractivity contribution in [2.45, 2.75) is 33.2 Å². The molecule has 4 rings (SSSR count). The fourth-order valence-corrected chi connectivity index (χ4v) is 3.48. The highest BCUT2D eigenvalue weighted by Gasteiger charge is 2.12. The van der Waals surface area contributed by atoms with Gasteiger partial charge in [-0.25, -0.2) is 4.98 Å². The molecule has 0 aliphatic carbocycles. The van der Waals surface area contributed by atoms with Crippen LogP contribution in [0.25, 0.3) is 17.0 Å². The Morgan fingerprint density at radius 1 is 1.04 bits per heavy atom. The van der Waals surface area contributed by atoms with Gasteiger partial charge in [0.2, 0.25) is 5.78 Å². The van der Waals surface area contributed by atoms with E-state index in [0.29, 0.717) is 23.3 Å². The molecule has 0 radical (unpaired) electrons. The first-order valence-corrected chi connectivity index (χ1v) is 9.74. The predicted octanol–water partition coefficient (Wildman–Crippen LogP) is 5.30. The number of imidazole rings is 1. The van der Waals surface area contributed by atoms with Gasteiger partial charge in [-0.3, -0.25) is 9.20 Å². The summed E-state index contributed by atoms with van der Waals surface area (Å²) in [5, 5.41) is 0.674. The second kappa shape index (κ2) is 7.28. The molecule has 5 heteroatoms. The Balaban J connectivity index is 1.79. The largest absolute Gasteiger partial charge is 0.311 e. The fourth-order valence-electron chi connectivity index (χ4n) is 3.35. The smallest absolute Gasteiger partial charge is 0.259 e. The quantitative estimate of drug-likeness (QED) is 0.473. The summed E-state index contributed by atoms with van der Waals surface area (Å²) in [6.45, 7) is 6.98. The Hall–Kier alpha value is -2.85. The molecule has 2 heterocycles. The Kier molecular flexibility index (Phi) is 4.82. The van der Waals surface area contributed by atoms with Crippen molar-refractivity contribution in [1.82, 2.24) is 14.0 Å². The Bertz CT molecular complexity index is 1190. The molecule has 0 amide bonds. The van der Waals surface area contributed by atoms with Gasteiger partial charge in [0.05, 0.1) is 12.2 Å². The minimum absolute atomic E-state index is 0.0772. The third kappa shape index (κ3) is 3.48. The van der Waals surface area contributed by atoms with Crippen LogP contribution in [0.15, 0.2) is 65.6 Å². The molecule has 2 aromatic heterocycles. The second-order valence-electron chi connectivity index (χ2n) is 7.41. The number of hydrogen-bond acceptors (Lipinski definition) is 2. The maximum atomic E-state index is 12.5. The van der Waals surface area contributed by atoms with E-state index in [-0.39, 0.29) is 5.56 Å². The van der Waals surface area contributed by atoms with Crippen LogP contribution in [0.1, 0.15) is 36.6 Å². The molecular formula is C23H22ClN3O. The van der Waals surface area contributed by atoms with Gasteiger partial charge in [-0.15, -0.1) is 0 Å². The molecule has 4 aromatic rings. The molecule has 2 aromatic carbocycles. The number of aromatic nitrogens is 3. The van der Waals surface area contributed by atoms with Crippen LogP contribution in [0.3, 0.4) is 0 Å². The molecule has 0 unspecified atom stereocenters. The van der Waals surface area contributed by atoms with Crippen molar-refractivity contribution in [2.75, 3.05) is 0 Å². The van der Waals surface area contributed by atoms with Crippen molar-refractivity contribution in [3.05, 3.63) is 93.0 Å². The first-order chi connectivity index (χ1) is 13.4. The molecule has 0 atom stereocenters. The van der Waals surface area contributed by atoms with Crippen molar-refractivity contribution in [2.24, 2.45) is 0 Å². The molecule has 0 fully saturated rings. The monoisotopic (exact) mass is 391 g/mol. The lowest BCUT2D eigenvalue weighted by atomic mass is 10.0. The van der Waals surface area contributed by atoms with E-state index in [1.54, 1.807) is 16.7 Å². The summed E-state index contributed by atoms with van der Waals surface area (Å²) in [6, 6.07) is 17.8. The van der Waals surface area contributed by atoms with Crippen LogP contribution in [0.5, 0.6) is 0 Å². The maximum absolute atomic E-state index is 12.5. The Labute approximate surface area is 169 Å². The van der Waals surface area contributed by atoms with Crippen molar-refractivity contribution in [3.63, 3.8) is 0 Å². The molecule has 0 bridgehead atoms. The lowest BCUT2D eigenvalue weighted by Crippen LogP contribution is -2.19. The summed E-state index contributed by atoms with van der Waals surface area (Å²) in [6.07, 6.45) is 1.79. The zero-order valence-electron chi connectivity index (χ0n) is 16.2. The molecule has 0 saturated carbocycles. The average molecular weight is 392 g/mol. The molecule has 0 spiro atoms. The van der Waals surface area contributed by atoms with Crippen molar-refractivity contribution in [3.8, 4) is 11.3 Å². The minimum atomic E-state index is -0.0772. The van der Waals surface area contributed by atoms with E-state index < -0.39 is 0 Å². The molecule has 0 aliphatic heterocycles. The van der Waals surface area contributed by atoms with Gasteiger partial charge in [0.15, 0.2) is 0 Å². The minimum Gasteiger partial charge on any atom is -0.311 e. The summed E-state index contributed by atoms with van der Waals surface area (Å²) in [4.78, 5) is 17.3. The Morgan fingerprint density at radius 3 is 2.36 bits per heavy atom. The van der Waals surface area contributed by atoms with Gasteiger partial charge in [-0.2, -0.15) is 0 Å². The first-order valence-electron chi connectivity index (χ1n) is 9.36. The van der Waals surface area contributed by atoms with Crippen LogP contribution < -0.4 is 5.56 Å². The highest BCUT2D eigenvalue weighted by Crippen LogP contribution is 2.22. The van der Waals surface area contributed by atoms with Gasteiger partial charge in [0, 0.05) is 28.5 Å². The second-order valence-corrected chi connectivity index (χ2v) is 7.85. The van der Waals surface area contributed by atoms with Gasteiger partial charge in [-0.05, 0) is 36.1 Å². The normalized spacial score (nSPS) is 11.5. The summed E-state index contributed by atoms with van der Waals surface area (Å²) >= 11 is 5.99. The number of aryl methyl sites for hydroxylation is 1. The van der Waals surface area contributed by atoms with Gasteiger partial charge in [-0.1, -0.05) is 61.8 Å². The fraction of sp³-hybridized carbons (Fsp3) is 0.217. The van der Waals surface area contributed by atoms with E-state index in [0.717, 1.165) is 17.0 Å². The number of nitrogens with zero attached hydrogens (tertiary/aromatic N) is 3. The van der Waals surface area contributed by atoms with Crippen LogP contribution in [0.2, 0.25) is 5.02 Å². The van der Waals surface area contributed by atoms with E-state index in [1.807, 2.05) is 31.2 Å². The maximum Gasteiger partial charge on any atom is 0.259 e. The van der Waals surface area contributed by atoms with Crippen LogP contribution in [-0.2, 0) is 6.54 Å².